The lowest BCUT2D eigenvalue weighted by atomic mass is 10.1. The number of nitrogens with two attached hydrogens (primary N) is 1. The summed E-state index contributed by atoms with van der Waals surface area (Å²) in [7, 11) is 1.90. The highest BCUT2D eigenvalue weighted by Crippen LogP contribution is 2.15. The van der Waals surface area contributed by atoms with E-state index >= 15 is 0 Å². The van der Waals surface area contributed by atoms with Crippen molar-refractivity contribution in [3.05, 3.63) is 48.2 Å². The third-order valence-corrected chi connectivity index (χ3v) is 3.12. The topological polar surface area (TPSA) is 82.8 Å². The Labute approximate surface area is 116 Å². The number of aryl methyl sites for hydroxylation is 3. The van der Waals surface area contributed by atoms with Crippen molar-refractivity contribution in [3.63, 3.8) is 0 Å². The van der Waals surface area contributed by atoms with Crippen molar-refractivity contribution in [1.82, 2.24) is 19.7 Å². The molecular weight excluding hydrogens is 254 g/mol. The second kappa shape index (κ2) is 5.16. The second-order valence-corrected chi connectivity index (χ2v) is 4.64. The monoisotopic (exact) mass is 269 g/mol. The fourth-order valence-electron chi connectivity index (χ4n) is 1.97. The summed E-state index contributed by atoms with van der Waals surface area (Å²) in [5.74, 6) is 1.19. The molecule has 0 amide bonds. The Morgan fingerprint density at radius 1 is 1.20 bits per heavy atom. The molecule has 0 fully saturated rings. The van der Waals surface area contributed by atoms with Gasteiger partial charge in [0.05, 0.1) is 12.5 Å². The third kappa shape index (κ3) is 2.54. The van der Waals surface area contributed by atoms with Gasteiger partial charge in [-0.2, -0.15) is 4.98 Å². The first-order valence-corrected chi connectivity index (χ1v) is 6.36. The largest absolute Gasteiger partial charge is 0.399 e. The number of aromatic nitrogens is 4. The van der Waals surface area contributed by atoms with Crippen LogP contribution in [0.5, 0.6) is 0 Å². The lowest BCUT2D eigenvalue weighted by molar-refractivity contribution is 0.378. The van der Waals surface area contributed by atoms with Gasteiger partial charge in [0.15, 0.2) is 0 Å². The molecule has 2 N–H and O–H groups in total. The van der Waals surface area contributed by atoms with Crippen LogP contribution in [0.25, 0.3) is 11.5 Å². The van der Waals surface area contributed by atoms with E-state index in [9.17, 15) is 0 Å². The minimum absolute atomic E-state index is 0.567. The molecule has 0 aliphatic rings. The van der Waals surface area contributed by atoms with Gasteiger partial charge < -0.3 is 14.8 Å². The standard InChI is InChI=1S/C14H15N5O/c1-19-9-16-8-12(19)14-17-13(20-18-14)7-4-10-2-5-11(15)6-3-10/h2-3,5-6,8-9H,4,7,15H2,1H3. The number of imidazole rings is 1. The van der Waals surface area contributed by atoms with Crippen LogP contribution in [0.15, 0.2) is 41.3 Å². The van der Waals surface area contributed by atoms with Gasteiger partial charge >= 0.3 is 0 Å². The van der Waals surface area contributed by atoms with Crippen molar-refractivity contribution in [1.29, 1.82) is 0 Å². The number of rotatable bonds is 4. The Hall–Kier alpha value is -2.63. The van der Waals surface area contributed by atoms with Crippen molar-refractivity contribution in [2.45, 2.75) is 12.8 Å². The fraction of sp³-hybridized carbons (Fsp3) is 0.214. The van der Waals surface area contributed by atoms with E-state index in [4.69, 9.17) is 10.3 Å². The van der Waals surface area contributed by atoms with Gasteiger partial charge in [0.1, 0.15) is 5.69 Å². The molecule has 2 heterocycles. The maximum absolute atomic E-state index is 5.66. The van der Waals surface area contributed by atoms with E-state index in [0.29, 0.717) is 18.1 Å². The summed E-state index contributed by atoms with van der Waals surface area (Å²) < 4.78 is 7.12. The smallest absolute Gasteiger partial charge is 0.227 e. The number of benzene rings is 1. The summed E-state index contributed by atoms with van der Waals surface area (Å²) in [5, 5.41) is 3.98. The predicted molar refractivity (Wildman–Crippen MR) is 74.8 cm³/mol. The molecule has 0 radical (unpaired) electrons. The number of anilines is 1. The zero-order chi connectivity index (χ0) is 13.9. The predicted octanol–water partition coefficient (Wildman–Crippen LogP) is 1.84. The second-order valence-electron chi connectivity index (χ2n) is 4.64. The number of nitrogens with zero attached hydrogens (tertiary/aromatic N) is 4. The molecule has 6 heteroatoms. The van der Waals surface area contributed by atoms with Crippen LogP contribution in [-0.4, -0.2) is 19.7 Å². The molecule has 0 aliphatic heterocycles. The Morgan fingerprint density at radius 3 is 2.70 bits per heavy atom. The van der Waals surface area contributed by atoms with Crippen molar-refractivity contribution >= 4 is 5.69 Å². The lowest BCUT2D eigenvalue weighted by Crippen LogP contribution is -1.94. The van der Waals surface area contributed by atoms with Crippen molar-refractivity contribution < 1.29 is 4.52 Å². The van der Waals surface area contributed by atoms with E-state index in [1.807, 2.05) is 35.9 Å². The Kier molecular flexibility index (Phi) is 3.20. The average Bonchev–Trinajstić information content (AvgIpc) is 3.06. The fourth-order valence-corrected chi connectivity index (χ4v) is 1.97. The van der Waals surface area contributed by atoms with E-state index in [0.717, 1.165) is 17.8 Å². The molecule has 1 aromatic carbocycles. The van der Waals surface area contributed by atoms with Gasteiger partial charge in [-0.1, -0.05) is 17.3 Å². The van der Waals surface area contributed by atoms with Gasteiger partial charge in [-0.15, -0.1) is 0 Å². The van der Waals surface area contributed by atoms with Crippen LogP contribution in [0.3, 0.4) is 0 Å². The van der Waals surface area contributed by atoms with Gasteiger partial charge in [-0.05, 0) is 24.1 Å². The van der Waals surface area contributed by atoms with E-state index in [2.05, 4.69) is 15.1 Å². The quantitative estimate of drug-likeness (QED) is 0.731. The van der Waals surface area contributed by atoms with E-state index < -0.39 is 0 Å². The van der Waals surface area contributed by atoms with Gasteiger partial charge in [0.2, 0.25) is 11.7 Å². The first kappa shape index (κ1) is 12.4. The minimum atomic E-state index is 0.567. The van der Waals surface area contributed by atoms with Crippen LogP contribution in [0, 0.1) is 0 Å². The highest BCUT2D eigenvalue weighted by atomic mass is 16.5. The zero-order valence-corrected chi connectivity index (χ0v) is 11.2. The molecular formula is C14H15N5O. The summed E-state index contributed by atoms with van der Waals surface area (Å²) in [5.41, 5.74) is 8.46. The van der Waals surface area contributed by atoms with Crippen molar-refractivity contribution in [2.24, 2.45) is 7.05 Å². The summed E-state index contributed by atoms with van der Waals surface area (Å²) in [6.45, 7) is 0. The van der Waals surface area contributed by atoms with Crippen LogP contribution < -0.4 is 5.73 Å². The molecule has 6 nitrogen and oxygen atoms in total. The van der Waals surface area contributed by atoms with E-state index in [1.54, 1.807) is 12.5 Å². The molecule has 0 saturated carbocycles. The van der Waals surface area contributed by atoms with Crippen LogP contribution in [-0.2, 0) is 19.9 Å². The maximum atomic E-state index is 5.66. The molecule has 102 valence electrons. The summed E-state index contributed by atoms with van der Waals surface area (Å²) in [6.07, 6.45) is 4.97. The Balaban J connectivity index is 1.69. The van der Waals surface area contributed by atoms with Gasteiger partial charge in [0, 0.05) is 19.2 Å². The van der Waals surface area contributed by atoms with Crippen molar-refractivity contribution in [2.75, 3.05) is 5.73 Å². The molecule has 0 atom stereocenters. The number of hydrogen-bond donors (Lipinski definition) is 1. The van der Waals surface area contributed by atoms with Crippen molar-refractivity contribution in [3.8, 4) is 11.5 Å². The van der Waals surface area contributed by atoms with Crippen LogP contribution in [0.2, 0.25) is 0 Å². The van der Waals surface area contributed by atoms with Crippen LogP contribution in [0.1, 0.15) is 11.5 Å². The van der Waals surface area contributed by atoms with E-state index in [1.165, 1.54) is 5.56 Å². The zero-order valence-electron chi connectivity index (χ0n) is 11.2. The normalized spacial score (nSPS) is 10.8. The average molecular weight is 269 g/mol. The molecule has 3 aromatic rings. The summed E-state index contributed by atoms with van der Waals surface area (Å²) >= 11 is 0. The van der Waals surface area contributed by atoms with Gasteiger partial charge in [-0.3, -0.25) is 0 Å². The molecule has 0 saturated heterocycles. The van der Waals surface area contributed by atoms with Gasteiger partial charge in [0.25, 0.3) is 0 Å². The van der Waals surface area contributed by atoms with Crippen LogP contribution in [0.4, 0.5) is 5.69 Å². The number of hydrogen-bond acceptors (Lipinski definition) is 5. The molecule has 2 aromatic heterocycles. The molecule has 0 aliphatic carbocycles. The summed E-state index contributed by atoms with van der Waals surface area (Å²) in [6, 6.07) is 7.80. The summed E-state index contributed by atoms with van der Waals surface area (Å²) in [4.78, 5) is 8.42. The highest BCUT2D eigenvalue weighted by molar-refractivity contribution is 5.47. The Morgan fingerprint density at radius 2 is 2.00 bits per heavy atom. The maximum Gasteiger partial charge on any atom is 0.227 e. The van der Waals surface area contributed by atoms with Crippen LogP contribution >= 0.6 is 0 Å². The number of nitrogen functional groups attached to an aromatic ring is 1. The molecule has 0 spiro atoms. The molecule has 3 rings (SSSR count). The molecule has 0 unspecified atom stereocenters. The minimum Gasteiger partial charge on any atom is -0.399 e. The lowest BCUT2D eigenvalue weighted by Gasteiger charge is -1.98. The third-order valence-electron chi connectivity index (χ3n) is 3.12. The molecule has 20 heavy (non-hydrogen) atoms. The highest BCUT2D eigenvalue weighted by Gasteiger charge is 2.11. The first-order valence-electron chi connectivity index (χ1n) is 6.36. The first-order chi connectivity index (χ1) is 9.72. The SMILES string of the molecule is Cn1cncc1-c1noc(CCc2ccc(N)cc2)n1. The van der Waals surface area contributed by atoms with E-state index in [-0.39, 0.29) is 0 Å². The van der Waals surface area contributed by atoms with Gasteiger partial charge in [-0.25, -0.2) is 4.98 Å². The Bertz CT molecular complexity index is 698. The molecule has 0 bridgehead atoms.